The number of nitrogens with zero attached hydrogens (tertiary/aromatic N) is 1. The summed E-state index contributed by atoms with van der Waals surface area (Å²) in [6.45, 7) is 1.39. The second kappa shape index (κ2) is 6.90. The van der Waals surface area contributed by atoms with Crippen LogP contribution in [0, 0.1) is 5.41 Å². The summed E-state index contributed by atoms with van der Waals surface area (Å²) in [6.07, 6.45) is 6.07. The first-order chi connectivity index (χ1) is 9.65. The standard InChI is InChI=1S/C14H20ClN3O2/c1-20-9-7-14(5-3-6-14)10-17-13(19)18-12-11(15)4-2-8-16-12/h2,4,8H,3,5-7,9-10H2,1H3,(H2,16,17,18,19). The van der Waals surface area contributed by atoms with E-state index in [2.05, 4.69) is 15.6 Å². The monoisotopic (exact) mass is 297 g/mol. The number of aromatic nitrogens is 1. The van der Waals surface area contributed by atoms with Gasteiger partial charge in [0.15, 0.2) is 5.82 Å². The third-order valence-electron chi connectivity index (χ3n) is 3.87. The van der Waals surface area contributed by atoms with Crippen LogP contribution in [0.3, 0.4) is 0 Å². The number of pyridine rings is 1. The Hall–Kier alpha value is -1.33. The van der Waals surface area contributed by atoms with Gasteiger partial charge in [-0.3, -0.25) is 5.32 Å². The lowest BCUT2D eigenvalue weighted by atomic mass is 9.67. The van der Waals surface area contributed by atoms with Gasteiger partial charge >= 0.3 is 6.03 Å². The van der Waals surface area contributed by atoms with E-state index in [1.807, 2.05) is 0 Å². The number of nitrogens with one attached hydrogen (secondary N) is 2. The number of rotatable bonds is 6. The molecule has 0 aromatic carbocycles. The lowest BCUT2D eigenvalue weighted by Crippen LogP contribution is -2.44. The maximum absolute atomic E-state index is 11.9. The largest absolute Gasteiger partial charge is 0.385 e. The Kier molecular flexibility index (Phi) is 5.20. The topological polar surface area (TPSA) is 63.2 Å². The molecule has 1 aliphatic rings. The van der Waals surface area contributed by atoms with Gasteiger partial charge in [-0.25, -0.2) is 9.78 Å². The first kappa shape index (κ1) is 15.1. The fourth-order valence-electron chi connectivity index (χ4n) is 2.41. The molecular formula is C14H20ClN3O2. The van der Waals surface area contributed by atoms with Gasteiger partial charge in [-0.05, 0) is 36.8 Å². The molecule has 2 amide bonds. The van der Waals surface area contributed by atoms with Crippen LogP contribution in [-0.4, -0.2) is 31.3 Å². The minimum atomic E-state index is -0.269. The Morgan fingerprint density at radius 3 is 2.95 bits per heavy atom. The average molecular weight is 298 g/mol. The summed E-state index contributed by atoms with van der Waals surface area (Å²) >= 11 is 5.94. The lowest BCUT2D eigenvalue weighted by Gasteiger charge is -2.42. The number of ether oxygens (including phenoxy) is 1. The van der Waals surface area contributed by atoms with E-state index in [0.717, 1.165) is 25.9 Å². The molecule has 110 valence electrons. The number of hydrogen-bond donors (Lipinski definition) is 2. The minimum absolute atomic E-state index is 0.196. The quantitative estimate of drug-likeness (QED) is 0.848. The van der Waals surface area contributed by atoms with Gasteiger partial charge in [-0.2, -0.15) is 0 Å². The van der Waals surface area contributed by atoms with Gasteiger partial charge in [0.05, 0.1) is 5.02 Å². The third kappa shape index (κ3) is 3.84. The van der Waals surface area contributed by atoms with Crippen molar-refractivity contribution in [3.05, 3.63) is 23.4 Å². The van der Waals surface area contributed by atoms with Gasteiger partial charge in [0, 0.05) is 26.5 Å². The molecule has 0 aliphatic heterocycles. The van der Waals surface area contributed by atoms with E-state index < -0.39 is 0 Å². The smallest absolute Gasteiger partial charge is 0.320 e. The Morgan fingerprint density at radius 1 is 1.55 bits per heavy atom. The van der Waals surface area contributed by atoms with Gasteiger partial charge < -0.3 is 10.1 Å². The highest BCUT2D eigenvalue weighted by molar-refractivity contribution is 6.33. The number of methoxy groups -OCH3 is 1. The molecule has 1 fully saturated rings. The zero-order valence-electron chi connectivity index (χ0n) is 11.6. The van der Waals surface area contributed by atoms with Crippen molar-refractivity contribution in [2.24, 2.45) is 5.41 Å². The van der Waals surface area contributed by atoms with E-state index in [-0.39, 0.29) is 11.4 Å². The molecule has 0 atom stereocenters. The zero-order chi connectivity index (χ0) is 14.4. The normalized spacial score (nSPS) is 16.3. The number of carbonyl (C=O) groups excluding carboxylic acids is 1. The molecule has 1 aromatic heterocycles. The predicted molar refractivity (Wildman–Crippen MR) is 79.0 cm³/mol. The first-order valence-electron chi connectivity index (χ1n) is 6.79. The van der Waals surface area contributed by atoms with Crippen LogP contribution in [0.25, 0.3) is 0 Å². The van der Waals surface area contributed by atoms with Crippen LogP contribution in [0.5, 0.6) is 0 Å². The first-order valence-corrected chi connectivity index (χ1v) is 7.17. The summed E-state index contributed by atoms with van der Waals surface area (Å²) in [6, 6.07) is 3.14. The highest BCUT2D eigenvalue weighted by atomic mass is 35.5. The number of amides is 2. The van der Waals surface area contributed by atoms with Crippen molar-refractivity contribution in [2.45, 2.75) is 25.7 Å². The average Bonchev–Trinajstić information content (AvgIpc) is 2.40. The van der Waals surface area contributed by atoms with E-state index in [0.29, 0.717) is 17.4 Å². The van der Waals surface area contributed by atoms with Crippen molar-refractivity contribution >= 4 is 23.4 Å². The SMILES string of the molecule is COCCC1(CNC(=O)Nc2ncccc2Cl)CCC1. The molecule has 1 aliphatic carbocycles. The third-order valence-corrected chi connectivity index (χ3v) is 4.17. The van der Waals surface area contributed by atoms with Crippen LogP contribution >= 0.6 is 11.6 Å². The zero-order valence-corrected chi connectivity index (χ0v) is 12.4. The summed E-state index contributed by atoms with van der Waals surface area (Å²) in [5.74, 6) is 0.381. The van der Waals surface area contributed by atoms with Crippen molar-refractivity contribution in [3.8, 4) is 0 Å². The Bertz CT molecular complexity index is 463. The van der Waals surface area contributed by atoms with E-state index in [1.165, 1.54) is 6.42 Å². The highest BCUT2D eigenvalue weighted by Gasteiger charge is 2.36. The van der Waals surface area contributed by atoms with Gasteiger partial charge in [0.1, 0.15) is 0 Å². The molecule has 1 aromatic rings. The molecular weight excluding hydrogens is 278 g/mol. The highest BCUT2D eigenvalue weighted by Crippen LogP contribution is 2.43. The lowest BCUT2D eigenvalue weighted by molar-refractivity contribution is 0.0717. The Balaban J connectivity index is 1.81. The molecule has 20 heavy (non-hydrogen) atoms. The van der Waals surface area contributed by atoms with Crippen LogP contribution in [0.1, 0.15) is 25.7 Å². The molecule has 1 heterocycles. The van der Waals surface area contributed by atoms with Crippen molar-refractivity contribution in [1.82, 2.24) is 10.3 Å². The second-order valence-corrected chi connectivity index (χ2v) is 5.65. The number of urea groups is 1. The molecule has 1 saturated carbocycles. The van der Waals surface area contributed by atoms with Gasteiger partial charge in [-0.1, -0.05) is 18.0 Å². The molecule has 2 N–H and O–H groups in total. The number of anilines is 1. The predicted octanol–water partition coefficient (Wildman–Crippen LogP) is 3.06. The van der Waals surface area contributed by atoms with E-state index >= 15 is 0 Å². The van der Waals surface area contributed by atoms with Crippen molar-refractivity contribution in [2.75, 3.05) is 25.6 Å². The van der Waals surface area contributed by atoms with Crippen molar-refractivity contribution in [1.29, 1.82) is 0 Å². The molecule has 0 unspecified atom stereocenters. The van der Waals surface area contributed by atoms with E-state index in [9.17, 15) is 4.79 Å². The van der Waals surface area contributed by atoms with Gasteiger partial charge in [0.25, 0.3) is 0 Å². The summed E-state index contributed by atoms with van der Waals surface area (Å²) in [4.78, 5) is 15.9. The molecule has 6 heteroatoms. The number of carbonyl (C=O) groups is 1. The summed E-state index contributed by atoms with van der Waals surface area (Å²) in [5.41, 5.74) is 0.196. The summed E-state index contributed by atoms with van der Waals surface area (Å²) in [5, 5.41) is 6.00. The van der Waals surface area contributed by atoms with Gasteiger partial charge in [0.2, 0.25) is 0 Å². The van der Waals surface area contributed by atoms with Crippen LogP contribution < -0.4 is 10.6 Å². The van der Waals surface area contributed by atoms with E-state index in [4.69, 9.17) is 16.3 Å². The maximum Gasteiger partial charge on any atom is 0.320 e. The van der Waals surface area contributed by atoms with Crippen LogP contribution in [0.2, 0.25) is 5.02 Å². The van der Waals surface area contributed by atoms with Crippen LogP contribution in [-0.2, 0) is 4.74 Å². The Labute approximate surface area is 124 Å². The molecule has 0 bridgehead atoms. The van der Waals surface area contributed by atoms with Crippen LogP contribution in [0.15, 0.2) is 18.3 Å². The van der Waals surface area contributed by atoms with Crippen molar-refractivity contribution < 1.29 is 9.53 Å². The number of halogens is 1. The van der Waals surface area contributed by atoms with E-state index in [1.54, 1.807) is 25.4 Å². The minimum Gasteiger partial charge on any atom is -0.385 e. The second-order valence-electron chi connectivity index (χ2n) is 5.24. The molecule has 2 rings (SSSR count). The fourth-order valence-corrected chi connectivity index (χ4v) is 2.58. The molecule has 0 spiro atoms. The number of hydrogen-bond acceptors (Lipinski definition) is 3. The molecule has 0 saturated heterocycles. The summed E-state index contributed by atoms with van der Waals surface area (Å²) in [7, 11) is 1.70. The Morgan fingerprint density at radius 2 is 2.35 bits per heavy atom. The summed E-state index contributed by atoms with van der Waals surface area (Å²) < 4.78 is 5.14. The van der Waals surface area contributed by atoms with Crippen molar-refractivity contribution in [3.63, 3.8) is 0 Å². The molecule has 5 nitrogen and oxygen atoms in total. The van der Waals surface area contributed by atoms with Gasteiger partial charge in [-0.15, -0.1) is 0 Å². The maximum atomic E-state index is 11.9. The molecule has 0 radical (unpaired) electrons. The van der Waals surface area contributed by atoms with Crippen LogP contribution in [0.4, 0.5) is 10.6 Å². The fraction of sp³-hybridized carbons (Fsp3) is 0.571.